The van der Waals surface area contributed by atoms with E-state index in [1.165, 1.54) is 0 Å². The minimum atomic E-state index is -0.0996. The lowest BCUT2D eigenvalue weighted by molar-refractivity contribution is 0.188. The highest BCUT2D eigenvalue weighted by molar-refractivity contribution is 5.78. The number of urea groups is 1. The summed E-state index contributed by atoms with van der Waals surface area (Å²) in [5.41, 5.74) is 0.980. The smallest absolute Gasteiger partial charge is 0.318 e. The summed E-state index contributed by atoms with van der Waals surface area (Å²) in [6, 6.07) is 11.4. The van der Waals surface area contributed by atoms with E-state index < -0.39 is 0 Å². The van der Waals surface area contributed by atoms with Crippen molar-refractivity contribution in [1.29, 1.82) is 0 Å². The molecule has 2 heterocycles. The number of nitrogens with one attached hydrogen (secondary N) is 1. The van der Waals surface area contributed by atoms with Crippen LogP contribution in [0.2, 0.25) is 0 Å². The van der Waals surface area contributed by atoms with Crippen LogP contribution in [-0.2, 0) is 6.54 Å². The molecule has 5 heteroatoms. The first-order valence-electron chi connectivity index (χ1n) is 7.47. The van der Waals surface area contributed by atoms with Crippen LogP contribution in [0.4, 0.5) is 4.79 Å². The van der Waals surface area contributed by atoms with E-state index in [0.29, 0.717) is 6.54 Å². The summed E-state index contributed by atoms with van der Waals surface area (Å²) >= 11 is 0. The highest BCUT2D eigenvalue weighted by Gasteiger charge is 2.41. The number of hydrogen-bond donors (Lipinski definition) is 1. The van der Waals surface area contributed by atoms with Crippen LogP contribution in [-0.4, -0.2) is 24.1 Å². The lowest BCUT2D eigenvalue weighted by atomic mass is 10.0. The number of hydrogen-bond acceptors (Lipinski definition) is 3. The summed E-state index contributed by atoms with van der Waals surface area (Å²) in [6.07, 6.45) is 2.49. The Kier molecular flexibility index (Phi) is 4.04. The van der Waals surface area contributed by atoms with E-state index in [-0.39, 0.29) is 18.1 Å². The van der Waals surface area contributed by atoms with Gasteiger partial charge in [0.25, 0.3) is 0 Å². The zero-order valence-corrected chi connectivity index (χ0v) is 12.8. The molecule has 1 N–H and O–H groups in total. The quantitative estimate of drug-likeness (QED) is 0.921. The Morgan fingerprint density at radius 1 is 1.27 bits per heavy atom. The van der Waals surface area contributed by atoms with Gasteiger partial charge in [0.15, 0.2) is 0 Å². The molecule has 1 aromatic carbocycles. The third kappa shape index (κ3) is 2.54. The molecule has 0 unspecified atom stereocenters. The predicted octanol–water partition coefficient (Wildman–Crippen LogP) is 3.33. The number of methoxy groups -OCH3 is 1. The van der Waals surface area contributed by atoms with Gasteiger partial charge in [-0.05, 0) is 24.6 Å². The molecular weight excluding hydrogens is 280 g/mol. The second-order valence-electron chi connectivity index (χ2n) is 5.36. The summed E-state index contributed by atoms with van der Waals surface area (Å²) in [5, 5.41) is 3.04. The third-order valence-corrected chi connectivity index (χ3v) is 4.09. The molecule has 0 radical (unpaired) electrons. The fourth-order valence-electron chi connectivity index (χ4n) is 2.99. The minimum Gasteiger partial charge on any atom is -0.496 e. The monoisotopic (exact) mass is 300 g/mol. The van der Waals surface area contributed by atoms with Crippen molar-refractivity contribution in [2.24, 2.45) is 0 Å². The molecule has 0 bridgehead atoms. The van der Waals surface area contributed by atoms with E-state index in [0.717, 1.165) is 23.5 Å². The molecule has 2 aromatic rings. The van der Waals surface area contributed by atoms with Gasteiger partial charge in [0.1, 0.15) is 17.6 Å². The van der Waals surface area contributed by atoms with Gasteiger partial charge in [-0.3, -0.25) is 0 Å². The van der Waals surface area contributed by atoms with Gasteiger partial charge >= 0.3 is 6.03 Å². The number of rotatable bonds is 5. The summed E-state index contributed by atoms with van der Waals surface area (Å²) in [7, 11) is 1.64. The molecule has 1 aliphatic heterocycles. The first-order chi connectivity index (χ1) is 10.7. The van der Waals surface area contributed by atoms with E-state index in [1.54, 1.807) is 13.4 Å². The Morgan fingerprint density at radius 3 is 2.77 bits per heavy atom. The molecule has 2 atom stereocenters. The maximum Gasteiger partial charge on any atom is 0.318 e. The van der Waals surface area contributed by atoms with Crippen LogP contribution >= 0.6 is 0 Å². The average molecular weight is 300 g/mol. The van der Waals surface area contributed by atoms with Gasteiger partial charge in [-0.15, -0.1) is 0 Å². The van der Waals surface area contributed by atoms with E-state index in [4.69, 9.17) is 9.15 Å². The molecule has 2 amide bonds. The lowest BCUT2D eigenvalue weighted by Gasteiger charge is -2.25. The number of benzene rings is 1. The fraction of sp³-hybridized carbons (Fsp3) is 0.353. The number of ether oxygens (including phenoxy) is 1. The molecule has 0 saturated carbocycles. The highest BCUT2D eigenvalue weighted by atomic mass is 16.5. The van der Waals surface area contributed by atoms with Gasteiger partial charge in [-0.25, -0.2) is 4.79 Å². The van der Waals surface area contributed by atoms with Crippen LogP contribution in [0.3, 0.4) is 0 Å². The van der Waals surface area contributed by atoms with E-state index >= 15 is 0 Å². The summed E-state index contributed by atoms with van der Waals surface area (Å²) in [4.78, 5) is 14.2. The summed E-state index contributed by atoms with van der Waals surface area (Å²) < 4.78 is 10.9. The van der Waals surface area contributed by atoms with Crippen LogP contribution in [0.15, 0.2) is 47.1 Å². The Labute approximate surface area is 129 Å². The number of para-hydroxylation sites is 1. The molecule has 22 heavy (non-hydrogen) atoms. The van der Waals surface area contributed by atoms with Gasteiger partial charge in [0.2, 0.25) is 0 Å². The van der Waals surface area contributed by atoms with Crippen LogP contribution in [0.5, 0.6) is 5.75 Å². The van der Waals surface area contributed by atoms with Crippen molar-refractivity contribution >= 4 is 6.03 Å². The molecule has 1 saturated heterocycles. The number of nitrogens with zero attached hydrogens (tertiary/aromatic N) is 1. The van der Waals surface area contributed by atoms with E-state index in [9.17, 15) is 4.79 Å². The molecule has 3 rings (SSSR count). The van der Waals surface area contributed by atoms with Crippen LogP contribution in [0.25, 0.3) is 0 Å². The van der Waals surface area contributed by atoms with Gasteiger partial charge in [0.05, 0.1) is 26.0 Å². The second-order valence-corrected chi connectivity index (χ2v) is 5.36. The number of furan rings is 1. The number of carbonyl (C=O) groups is 1. The van der Waals surface area contributed by atoms with Crippen molar-refractivity contribution in [2.75, 3.05) is 7.11 Å². The molecule has 1 fully saturated rings. The van der Waals surface area contributed by atoms with E-state index in [1.807, 2.05) is 41.3 Å². The van der Waals surface area contributed by atoms with Gasteiger partial charge < -0.3 is 19.4 Å². The molecule has 116 valence electrons. The van der Waals surface area contributed by atoms with Crippen molar-refractivity contribution in [3.8, 4) is 5.75 Å². The number of carbonyl (C=O) groups excluding carboxylic acids is 1. The van der Waals surface area contributed by atoms with Crippen molar-refractivity contribution in [1.82, 2.24) is 10.2 Å². The zero-order valence-electron chi connectivity index (χ0n) is 12.8. The van der Waals surface area contributed by atoms with Gasteiger partial charge in [-0.2, -0.15) is 0 Å². The maximum absolute atomic E-state index is 12.4. The normalized spacial score (nSPS) is 21.0. The standard InChI is InChI=1S/C17H20N2O3/c1-3-13-16(15-9-6-10-22-15)19(17(20)18-13)11-12-7-4-5-8-14(12)21-2/h4-10,13,16H,3,11H2,1-2H3,(H,18,20)/t13-,16-/m1/s1. The van der Waals surface area contributed by atoms with Gasteiger partial charge in [-0.1, -0.05) is 25.1 Å². The minimum absolute atomic E-state index is 0.0494. The molecular formula is C17H20N2O3. The topological polar surface area (TPSA) is 54.7 Å². The van der Waals surface area contributed by atoms with Gasteiger partial charge in [0, 0.05) is 5.56 Å². The maximum atomic E-state index is 12.4. The highest BCUT2D eigenvalue weighted by Crippen LogP contribution is 2.34. The third-order valence-electron chi connectivity index (χ3n) is 4.09. The lowest BCUT2D eigenvalue weighted by Crippen LogP contribution is -2.29. The zero-order chi connectivity index (χ0) is 15.5. The summed E-state index contributed by atoms with van der Waals surface area (Å²) in [6.45, 7) is 2.55. The largest absolute Gasteiger partial charge is 0.496 e. The van der Waals surface area contributed by atoms with Crippen LogP contribution < -0.4 is 10.1 Å². The second kappa shape index (κ2) is 6.13. The van der Waals surface area contributed by atoms with Crippen LogP contribution in [0.1, 0.15) is 30.7 Å². The van der Waals surface area contributed by atoms with E-state index in [2.05, 4.69) is 12.2 Å². The Bertz CT molecular complexity index is 639. The molecule has 5 nitrogen and oxygen atoms in total. The summed E-state index contributed by atoms with van der Waals surface area (Å²) in [5.74, 6) is 1.59. The first kappa shape index (κ1) is 14.5. The van der Waals surface area contributed by atoms with Crippen molar-refractivity contribution in [3.05, 3.63) is 54.0 Å². The fourth-order valence-corrected chi connectivity index (χ4v) is 2.99. The molecule has 1 aromatic heterocycles. The predicted molar refractivity (Wildman–Crippen MR) is 82.6 cm³/mol. The molecule has 0 spiro atoms. The number of amides is 2. The average Bonchev–Trinajstić information content (AvgIpc) is 3.16. The SMILES string of the molecule is CC[C@H]1NC(=O)N(Cc2ccccc2OC)[C@H]1c1ccco1. The first-order valence-corrected chi connectivity index (χ1v) is 7.47. The Hall–Kier alpha value is -2.43. The van der Waals surface area contributed by atoms with Crippen molar-refractivity contribution < 1.29 is 13.9 Å². The Morgan fingerprint density at radius 2 is 2.09 bits per heavy atom. The van der Waals surface area contributed by atoms with Crippen molar-refractivity contribution in [3.63, 3.8) is 0 Å². The Balaban J connectivity index is 1.91. The molecule has 0 aliphatic carbocycles. The van der Waals surface area contributed by atoms with Crippen LogP contribution in [0, 0.1) is 0 Å². The molecule has 1 aliphatic rings. The van der Waals surface area contributed by atoms with Crippen molar-refractivity contribution in [2.45, 2.75) is 32.0 Å².